The van der Waals surface area contributed by atoms with Gasteiger partial charge in [-0.2, -0.15) is 13.2 Å². The average molecular weight is 240 g/mol. The molecule has 1 aliphatic heterocycles. The van der Waals surface area contributed by atoms with Gasteiger partial charge in [0.2, 0.25) is 5.91 Å². The summed E-state index contributed by atoms with van der Waals surface area (Å²) in [4.78, 5) is 12.5. The van der Waals surface area contributed by atoms with Crippen LogP contribution in [0.5, 0.6) is 0 Å². The Morgan fingerprint density at radius 3 is 2.56 bits per heavy atom. The standard InChI is InChI=1S/C9H15F3N2O2/c1-2-14(5-9(10,11)12)7(15)8(13)3-4-16-6-8/h2-6,13H2,1H3. The lowest BCUT2D eigenvalue weighted by Crippen LogP contribution is -2.57. The largest absolute Gasteiger partial charge is 0.406 e. The summed E-state index contributed by atoms with van der Waals surface area (Å²) >= 11 is 0. The normalized spacial score (nSPS) is 25.8. The molecule has 1 amide bonds. The van der Waals surface area contributed by atoms with E-state index in [1.54, 1.807) is 0 Å². The lowest BCUT2D eigenvalue weighted by Gasteiger charge is -2.30. The van der Waals surface area contributed by atoms with Gasteiger partial charge >= 0.3 is 6.18 Å². The van der Waals surface area contributed by atoms with Crippen molar-refractivity contribution in [1.82, 2.24) is 4.90 Å². The van der Waals surface area contributed by atoms with E-state index >= 15 is 0 Å². The highest BCUT2D eigenvalue weighted by Crippen LogP contribution is 2.22. The molecule has 0 aromatic rings. The molecule has 0 radical (unpaired) electrons. The van der Waals surface area contributed by atoms with Crippen LogP contribution in [0.2, 0.25) is 0 Å². The fourth-order valence-corrected chi connectivity index (χ4v) is 1.61. The summed E-state index contributed by atoms with van der Waals surface area (Å²) in [6.45, 7) is 0.507. The molecule has 1 saturated heterocycles. The number of rotatable bonds is 3. The molecule has 1 heterocycles. The van der Waals surface area contributed by atoms with Gasteiger partial charge in [0.05, 0.1) is 6.61 Å². The highest BCUT2D eigenvalue weighted by Gasteiger charge is 2.43. The van der Waals surface area contributed by atoms with Crippen LogP contribution in [0.4, 0.5) is 13.2 Å². The topological polar surface area (TPSA) is 55.6 Å². The van der Waals surface area contributed by atoms with Crippen molar-refractivity contribution in [3.8, 4) is 0 Å². The third-order valence-corrected chi connectivity index (χ3v) is 2.52. The number of carbonyl (C=O) groups excluding carboxylic acids is 1. The first kappa shape index (κ1) is 13.2. The molecule has 16 heavy (non-hydrogen) atoms. The van der Waals surface area contributed by atoms with E-state index in [-0.39, 0.29) is 19.6 Å². The van der Waals surface area contributed by atoms with Crippen LogP contribution in [0.3, 0.4) is 0 Å². The van der Waals surface area contributed by atoms with E-state index in [0.29, 0.717) is 11.5 Å². The number of ether oxygens (including phenoxy) is 1. The van der Waals surface area contributed by atoms with E-state index in [0.717, 1.165) is 0 Å². The monoisotopic (exact) mass is 240 g/mol. The van der Waals surface area contributed by atoms with Gasteiger partial charge in [-0.15, -0.1) is 0 Å². The second-order valence-corrected chi connectivity index (χ2v) is 3.89. The van der Waals surface area contributed by atoms with Crippen molar-refractivity contribution in [2.75, 3.05) is 26.3 Å². The zero-order valence-corrected chi connectivity index (χ0v) is 9.01. The molecule has 1 unspecified atom stereocenters. The molecule has 94 valence electrons. The molecule has 4 nitrogen and oxygen atoms in total. The molecule has 7 heteroatoms. The third-order valence-electron chi connectivity index (χ3n) is 2.52. The summed E-state index contributed by atoms with van der Waals surface area (Å²) in [5.41, 5.74) is 4.42. The second-order valence-electron chi connectivity index (χ2n) is 3.89. The van der Waals surface area contributed by atoms with E-state index in [9.17, 15) is 18.0 Å². The van der Waals surface area contributed by atoms with Crippen LogP contribution in [0.25, 0.3) is 0 Å². The van der Waals surface area contributed by atoms with Crippen LogP contribution in [-0.4, -0.2) is 48.8 Å². The zero-order valence-electron chi connectivity index (χ0n) is 9.01. The SMILES string of the molecule is CCN(CC(F)(F)F)C(=O)C1(N)CCOC1. The van der Waals surface area contributed by atoms with Gasteiger partial charge in [-0.1, -0.05) is 0 Å². The van der Waals surface area contributed by atoms with Gasteiger partial charge < -0.3 is 15.4 Å². The molecule has 1 rings (SSSR count). The van der Waals surface area contributed by atoms with E-state index in [2.05, 4.69) is 0 Å². The number of alkyl halides is 3. The number of nitrogens with zero attached hydrogens (tertiary/aromatic N) is 1. The molecule has 0 aromatic carbocycles. The third kappa shape index (κ3) is 3.08. The molecule has 0 aliphatic carbocycles. The van der Waals surface area contributed by atoms with Gasteiger partial charge in [-0.25, -0.2) is 0 Å². The summed E-state index contributed by atoms with van der Waals surface area (Å²) in [7, 11) is 0. The Kier molecular flexibility index (Phi) is 3.80. The van der Waals surface area contributed by atoms with Crippen molar-refractivity contribution in [3.05, 3.63) is 0 Å². The maximum atomic E-state index is 12.2. The molecule has 1 fully saturated rings. The Hall–Kier alpha value is -0.820. The number of amides is 1. The van der Waals surface area contributed by atoms with Gasteiger partial charge in [-0.05, 0) is 13.3 Å². The number of hydrogen-bond donors (Lipinski definition) is 1. The number of carbonyl (C=O) groups is 1. The molecule has 0 bridgehead atoms. The second kappa shape index (κ2) is 4.58. The maximum Gasteiger partial charge on any atom is 0.406 e. The Morgan fingerprint density at radius 2 is 2.19 bits per heavy atom. The van der Waals surface area contributed by atoms with Crippen LogP contribution in [-0.2, 0) is 9.53 Å². The lowest BCUT2D eigenvalue weighted by atomic mass is 9.98. The van der Waals surface area contributed by atoms with Crippen molar-refractivity contribution in [2.45, 2.75) is 25.1 Å². The van der Waals surface area contributed by atoms with Crippen molar-refractivity contribution in [1.29, 1.82) is 0 Å². The van der Waals surface area contributed by atoms with Crippen LogP contribution in [0.1, 0.15) is 13.3 Å². The van der Waals surface area contributed by atoms with Crippen molar-refractivity contribution >= 4 is 5.91 Å². The highest BCUT2D eigenvalue weighted by atomic mass is 19.4. The predicted molar refractivity (Wildman–Crippen MR) is 50.7 cm³/mol. The van der Waals surface area contributed by atoms with Crippen LogP contribution in [0, 0.1) is 0 Å². The minimum Gasteiger partial charge on any atom is -0.379 e. The molecular weight excluding hydrogens is 225 g/mol. The molecule has 0 saturated carbocycles. The van der Waals surface area contributed by atoms with Crippen molar-refractivity contribution in [2.24, 2.45) is 5.73 Å². The Morgan fingerprint density at radius 1 is 1.56 bits per heavy atom. The Bertz CT molecular complexity index is 262. The predicted octanol–water partition coefficient (Wildman–Crippen LogP) is 0.515. The Balaban J connectivity index is 2.69. The molecule has 1 aliphatic rings. The zero-order chi connectivity index (χ0) is 12.4. The molecule has 1 atom stereocenters. The first-order valence-corrected chi connectivity index (χ1v) is 5.01. The van der Waals surface area contributed by atoms with E-state index in [4.69, 9.17) is 10.5 Å². The molecule has 0 spiro atoms. The summed E-state index contributed by atoms with van der Waals surface area (Å²) in [5.74, 6) is -0.690. The quantitative estimate of drug-likeness (QED) is 0.782. The summed E-state index contributed by atoms with van der Waals surface area (Å²) < 4.78 is 41.5. The number of hydrogen-bond acceptors (Lipinski definition) is 3. The van der Waals surface area contributed by atoms with Crippen LogP contribution < -0.4 is 5.73 Å². The van der Waals surface area contributed by atoms with E-state index in [1.807, 2.05) is 0 Å². The fourth-order valence-electron chi connectivity index (χ4n) is 1.61. The first-order valence-electron chi connectivity index (χ1n) is 5.01. The number of likely N-dealkylation sites (N-methyl/N-ethyl adjacent to an activating group) is 1. The Labute approximate surface area is 91.5 Å². The van der Waals surface area contributed by atoms with E-state index in [1.165, 1.54) is 6.92 Å². The minimum atomic E-state index is -4.40. The summed E-state index contributed by atoms with van der Waals surface area (Å²) in [6.07, 6.45) is -4.14. The van der Waals surface area contributed by atoms with Gasteiger partial charge in [0.1, 0.15) is 12.1 Å². The highest BCUT2D eigenvalue weighted by molar-refractivity contribution is 5.86. The van der Waals surface area contributed by atoms with Gasteiger partial charge in [0.25, 0.3) is 0 Å². The molecule has 0 aromatic heterocycles. The first-order chi connectivity index (χ1) is 7.28. The fraction of sp³-hybridized carbons (Fsp3) is 0.889. The summed E-state index contributed by atoms with van der Waals surface area (Å²) in [5, 5.41) is 0. The van der Waals surface area contributed by atoms with Crippen LogP contribution >= 0.6 is 0 Å². The van der Waals surface area contributed by atoms with Gasteiger partial charge in [-0.3, -0.25) is 4.79 Å². The molecular formula is C9H15F3N2O2. The van der Waals surface area contributed by atoms with Crippen molar-refractivity contribution in [3.63, 3.8) is 0 Å². The van der Waals surface area contributed by atoms with Gasteiger partial charge in [0, 0.05) is 13.2 Å². The maximum absolute atomic E-state index is 12.2. The van der Waals surface area contributed by atoms with Crippen LogP contribution in [0.15, 0.2) is 0 Å². The van der Waals surface area contributed by atoms with Gasteiger partial charge in [0.15, 0.2) is 0 Å². The number of halogens is 3. The van der Waals surface area contributed by atoms with Crippen molar-refractivity contribution < 1.29 is 22.7 Å². The minimum absolute atomic E-state index is 0.0137. The smallest absolute Gasteiger partial charge is 0.379 e. The lowest BCUT2D eigenvalue weighted by molar-refractivity contribution is -0.164. The summed E-state index contributed by atoms with van der Waals surface area (Å²) in [6, 6.07) is 0. The molecule has 2 N–H and O–H groups in total. The average Bonchev–Trinajstić information content (AvgIpc) is 2.60. The number of nitrogens with two attached hydrogens (primary N) is 1. The van der Waals surface area contributed by atoms with E-state index < -0.39 is 24.2 Å².